The molecule has 0 aliphatic carbocycles. The summed E-state index contributed by atoms with van der Waals surface area (Å²) in [6, 6.07) is 12.2. The minimum atomic E-state index is -3.67. The molecule has 1 N–H and O–H groups in total. The van der Waals surface area contributed by atoms with Crippen molar-refractivity contribution in [2.75, 3.05) is 25.0 Å². The van der Waals surface area contributed by atoms with E-state index in [-0.39, 0.29) is 17.3 Å². The summed E-state index contributed by atoms with van der Waals surface area (Å²) < 4.78 is 34.8. The number of aromatic nitrogens is 2. The minimum Gasteiger partial charge on any atom is -0.492 e. The highest BCUT2D eigenvalue weighted by molar-refractivity contribution is 7.89. The number of ether oxygens (including phenoxy) is 1. The molecule has 172 valence electrons. The van der Waals surface area contributed by atoms with Crippen molar-refractivity contribution in [1.29, 1.82) is 0 Å². The number of aryl methyl sites for hydroxylation is 1. The van der Waals surface area contributed by atoms with Gasteiger partial charge >= 0.3 is 0 Å². The third-order valence-corrected chi connectivity index (χ3v) is 7.27. The topological polar surface area (TPSA) is 93.5 Å². The molecule has 3 rings (SSSR count). The van der Waals surface area contributed by atoms with Crippen LogP contribution in [0.1, 0.15) is 33.5 Å². The van der Waals surface area contributed by atoms with Crippen molar-refractivity contribution in [2.24, 2.45) is 0 Å². The Hall–Kier alpha value is -2.91. The van der Waals surface area contributed by atoms with Crippen molar-refractivity contribution in [3.8, 4) is 5.75 Å². The predicted molar refractivity (Wildman–Crippen MR) is 125 cm³/mol. The first kappa shape index (κ1) is 23.7. The number of hydrogen-bond acceptors (Lipinski definition) is 5. The van der Waals surface area contributed by atoms with Crippen LogP contribution in [0.15, 0.2) is 47.4 Å². The van der Waals surface area contributed by atoms with E-state index in [1.807, 2.05) is 42.7 Å². The van der Waals surface area contributed by atoms with Crippen LogP contribution in [0.4, 0.5) is 5.69 Å². The van der Waals surface area contributed by atoms with E-state index < -0.39 is 10.0 Å². The molecule has 3 aromatic rings. The van der Waals surface area contributed by atoms with Gasteiger partial charge in [-0.2, -0.15) is 4.31 Å². The van der Waals surface area contributed by atoms with E-state index in [9.17, 15) is 13.2 Å². The maximum absolute atomic E-state index is 13.0. The molecule has 32 heavy (non-hydrogen) atoms. The van der Waals surface area contributed by atoms with Crippen molar-refractivity contribution in [1.82, 2.24) is 13.9 Å². The monoisotopic (exact) mass is 458 g/mol. The van der Waals surface area contributed by atoms with E-state index in [0.29, 0.717) is 37.6 Å². The molecule has 0 spiro atoms. The molecule has 1 heterocycles. The van der Waals surface area contributed by atoms with Gasteiger partial charge in [-0.15, -0.1) is 0 Å². The Kier molecular flexibility index (Phi) is 7.52. The number of amides is 1. The Morgan fingerprint density at radius 3 is 2.47 bits per heavy atom. The number of hydrogen-bond donors (Lipinski definition) is 1. The van der Waals surface area contributed by atoms with Gasteiger partial charge in [0, 0.05) is 19.5 Å². The largest absolute Gasteiger partial charge is 0.492 e. The minimum absolute atomic E-state index is 0.0578. The predicted octanol–water partition coefficient (Wildman–Crippen LogP) is 3.67. The fraction of sp³-hybridized carbons (Fsp3) is 0.391. The number of carbonyl (C=O) groups excluding carboxylic acids is 1. The van der Waals surface area contributed by atoms with Gasteiger partial charge in [0.15, 0.2) is 0 Å². The van der Waals surface area contributed by atoms with Gasteiger partial charge in [-0.1, -0.05) is 32.9 Å². The number of imidazole rings is 1. The molecule has 0 unspecified atom stereocenters. The van der Waals surface area contributed by atoms with Crippen LogP contribution in [-0.2, 0) is 27.8 Å². The lowest BCUT2D eigenvalue weighted by Gasteiger charge is -2.20. The van der Waals surface area contributed by atoms with Gasteiger partial charge in [-0.25, -0.2) is 13.4 Å². The summed E-state index contributed by atoms with van der Waals surface area (Å²) in [4.78, 5) is 17.7. The quantitative estimate of drug-likeness (QED) is 0.500. The second-order valence-electron chi connectivity index (χ2n) is 7.18. The SMILES string of the molecule is CCOc1ccc(S(=O)(=O)N(CC)CC)cc1NC(=O)Cn1c(CC)nc2ccccc21. The average Bonchev–Trinajstić information content (AvgIpc) is 3.13. The number of carbonyl (C=O) groups is 1. The molecule has 0 atom stereocenters. The first-order chi connectivity index (χ1) is 15.3. The summed E-state index contributed by atoms with van der Waals surface area (Å²) >= 11 is 0. The zero-order chi connectivity index (χ0) is 23.3. The second-order valence-corrected chi connectivity index (χ2v) is 9.12. The Morgan fingerprint density at radius 2 is 1.81 bits per heavy atom. The summed E-state index contributed by atoms with van der Waals surface area (Å²) in [5, 5.41) is 2.84. The molecule has 8 nitrogen and oxygen atoms in total. The van der Waals surface area contributed by atoms with Crippen LogP contribution < -0.4 is 10.1 Å². The van der Waals surface area contributed by atoms with E-state index in [2.05, 4.69) is 10.3 Å². The third kappa shape index (κ3) is 4.78. The number of nitrogens with zero attached hydrogens (tertiary/aromatic N) is 3. The van der Waals surface area contributed by atoms with Crippen molar-refractivity contribution in [2.45, 2.75) is 45.6 Å². The molecule has 0 fully saturated rings. The molecular weight excluding hydrogens is 428 g/mol. The van der Waals surface area contributed by atoms with E-state index in [1.54, 1.807) is 19.9 Å². The van der Waals surface area contributed by atoms with Gasteiger partial charge in [-0.3, -0.25) is 4.79 Å². The molecule has 2 aromatic carbocycles. The number of anilines is 1. The summed E-state index contributed by atoms with van der Waals surface area (Å²) in [5.41, 5.74) is 2.04. The van der Waals surface area contributed by atoms with Gasteiger partial charge in [0.1, 0.15) is 18.1 Å². The lowest BCUT2D eigenvalue weighted by molar-refractivity contribution is -0.116. The molecule has 0 aliphatic rings. The van der Waals surface area contributed by atoms with Gasteiger partial charge in [0.05, 0.1) is 28.2 Å². The van der Waals surface area contributed by atoms with Crippen LogP contribution in [-0.4, -0.2) is 47.9 Å². The zero-order valence-corrected chi connectivity index (χ0v) is 19.8. The normalized spacial score (nSPS) is 11.8. The van der Waals surface area contributed by atoms with Crippen LogP contribution in [0.2, 0.25) is 0 Å². The van der Waals surface area contributed by atoms with E-state index in [4.69, 9.17) is 4.74 Å². The highest BCUT2D eigenvalue weighted by Crippen LogP contribution is 2.29. The molecule has 1 aromatic heterocycles. The highest BCUT2D eigenvalue weighted by atomic mass is 32.2. The van der Waals surface area contributed by atoms with Crippen LogP contribution >= 0.6 is 0 Å². The smallest absolute Gasteiger partial charge is 0.244 e. The van der Waals surface area contributed by atoms with Gasteiger partial charge in [0.2, 0.25) is 15.9 Å². The van der Waals surface area contributed by atoms with E-state index >= 15 is 0 Å². The summed E-state index contributed by atoms with van der Waals surface area (Å²) in [6.45, 7) is 8.57. The molecule has 0 aliphatic heterocycles. The Morgan fingerprint density at radius 1 is 1.09 bits per heavy atom. The number of nitrogens with one attached hydrogen (secondary N) is 1. The standard InChI is InChI=1S/C23H30N4O4S/c1-5-22-24-18-11-9-10-12-20(18)27(22)16-23(28)25-19-15-17(13-14-21(19)31-8-4)32(29,30)26(6-2)7-3/h9-15H,5-8,16H2,1-4H3,(H,25,28). The first-order valence-electron chi connectivity index (χ1n) is 10.9. The molecule has 0 radical (unpaired) electrons. The maximum atomic E-state index is 13.0. The molecule has 9 heteroatoms. The van der Waals surface area contributed by atoms with Gasteiger partial charge < -0.3 is 14.6 Å². The first-order valence-corrected chi connectivity index (χ1v) is 12.3. The molecule has 0 saturated heterocycles. The molecular formula is C23H30N4O4S. The summed E-state index contributed by atoms with van der Waals surface area (Å²) in [7, 11) is -3.67. The van der Waals surface area contributed by atoms with Gasteiger partial charge in [0.25, 0.3) is 0 Å². The maximum Gasteiger partial charge on any atom is 0.244 e. The molecule has 1 amide bonds. The number of sulfonamides is 1. The Labute approximate surface area is 189 Å². The van der Waals surface area contributed by atoms with E-state index in [1.165, 1.54) is 16.4 Å². The van der Waals surface area contributed by atoms with Crippen molar-refractivity contribution in [3.63, 3.8) is 0 Å². The number of rotatable bonds is 10. The van der Waals surface area contributed by atoms with Crippen molar-refractivity contribution < 1.29 is 17.9 Å². The number of benzene rings is 2. The van der Waals surface area contributed by atoms with E-state index in [0.717, 1.165) is 16.9 Å². The second kappa shape index (κ2) is 10.1. The van der Waals surface area contributed by atoms with Gasteiger partial charge in [-0.05, 0) is 37.3 Å². The summed E-state index contributed by atoms with van der Waals surface area (Å²) in [6.07, 6.45) is 0.684. The van der Waals surface area contributed by atoms with Crippen LogP contribution in [0, 0.1) is 0 Å². The lowest BCUT2D eigenvalue weighted by Crippen LogP contribution is -2.30. The van der Waals surface area contributed by atoms with Crippen LogP contribution in [0.25, 0.3) is 11.0 Å². The zero-order valence-electron chi connectivity index (χ0n) is 19.0. The number of para-hydroxylation sites is 2. The average molecular weight is 459 g/mol. The summed E-state index contributed by atoms with van der Waals surface area (Å²) in [5.74, 6) is 0.941. The number of fused-ring (bicyclic) bond motifs is 1. The van der Waals surface area contributed by atoms with Crippen molar-refractivity contribution >= 4 is 32.7 Å². The highest BCUT2D eigenvalue weighted by Gasteiger charge is 2.23. The van der Waals surface area contributed by atoms with Crippen LogP contribution in [0.3, 0.4) is 0 Å². The fourth-order valence-electron chi connectivity index (χ4n) is 3.67. The fourth-order valence-corrected chi connectivity index (χ4v) is 5.15. The lowest BCUT2D eigenvalue weighted by atomic mass is 10.3. The third-order valence-electron chi connectivity index (χ3n) is 5.22. The molecule has 0 bridgehead atoms. The Balaban J connectivity index is 1.93. The van der Waals surface area contributed by atoms with Crippen LogP contribution in [0.5, 0.6) is 5.75 Å². The molecule has 0 saturated carbocycles. The Bertz CT molecular complexity index is 1200. The van der Waals surface area contributed by atoms with Crippen molar-refractivity contribution in [3.05, 3.63) is 48.3 Å².